The summed E-state index contributed by atoms with van der Waals surface area (Å²) in [6.07, 6.45) is 3.59. The van der Waals surface area contributed by atoms with Gasteiger partial charge in [0.05, 0.1) is 22.5 Å². The zero-order chi connectivity index (χ0) is 24.3. The number of benzene rings is 3. The third-order valence-electron chi connectivity index (χ3n) is 5.56. The third-order valence-corrected chi connectivity index (χ3v) is 7.34. The van der Waals surface area contributed by atoms with E-state index in [9.17, 15) is 13.2 Å². The highest BCUT2D eigenvalue weighted by Crippen LogP contribution is 2.23. The summed E-state index contributed by atoms with van der Waals surface area (Å²) >= 11 is 0. The van der Waals surface area contributed by atoms with Crippen LogP contribution in [-0.2, 0) is 16.6 Å². The Labute approximate surface area is 199 Å². The fourth-order valence-corrected chi connectivity index (χ4v) is 4.81. The first-order valence-electron chi connectivity index (χ1n) is 10.8. The average molecular weight is 475 g/mol. The van der Waals surface area contributed by atoms with Gasteiger partial charge in [-0.2, -0.15) is 5.10 Å². The largest absolute Gasteiger partial charge is 0.337 e. The van der Waals surface area contributed by atoms with Crippen LogP contribution in [0.25, 0.3) is 5.69 Å². The summed E-state index contributed by atoms with van der Waals surface area (Å²) in [7, 11) is -0.636. The maximum atomic E-state index is 13.2. The summed E-state index contributed by atoms with van der Waals surface area (Å²) in [4.78, 5) is 14.7. The second kappa shape index (κ2) is 9.52. The molecule has 4 aromatic rings. The van der Waals surface area contributed by atoms with Gasteiger partial charge in [-0.15, -0.1) is 0 Å². The van der Waals surface area contributed by atoms with Gasteiger partial charge in [0, 0.05) is 38.0 Å². The van der Waals surface area contributed by atoms with Crippen LogP contribution in [0.4, 0.5) is 5.69 Å². The van der Waals surface area contributed by atoms with E-state index in [1.165, 1.54) is 23.5 Å². The number of para-hydroxylation sites is 1. The minimum absolute atomic E-state index is 0.0618. The van der Waals surface area contributed by atoms with Crippen LogP contribution < -0.4 is 4.31 Å². The van der Waals surface area contributed by atoms with Gasteiger partial charge in [0.1, 0.15) is 0 Å². The normalized spacial score (nSPS) is 11.3. The zero-order valence-electron chi connectivity index (χ0n) is 19.3. The maximum Gasteiger partial charge on any atom is 0.264 e. The van der Waals surface area contributed by atoms with Crippen LogP contribution in [0.5, 0.6) is 0 Å². The Hall–Kier alpha value is -3.91. The molecule has 1 amide bonds. The van der Waals surface area contributed by atoms with Crippen molar-refractivity contribution in [3.05, 3.63) is 108 Å². The van der Waals surface area contributed by atoms with Crippen molar-refractivity contribution >= 4 is 21.6 Å². The molecular formula is C26H26N4O3S. The number of nitrogens with zero attached hydrogens (tertiary/aromatic N) is 4. The number of hydrogen-bond acceptors (Lipinski definition) is 4. The number of carbonyl (C=O) groups is 1. The minimum Gasteiger partial charge on any atom is -0.337 e. The predicted molar refractivity (Wildman–Crippen MR) is 133 cm³/mol. The Balaban J connectivity index is 1.51. The van der Waals surface area contributed by atoms with Crippen molar-refractivity contribution in [3.63, 3.8) is 0 Å². The first-order chi connectivity index (χ1) is 16.3. The topological polar surface area (TPSA) is 75.5 Å². The molecular weight excluding hydrogens is 448 g/mol. The quantitative estimate of drug-likeness (QED) is 0.401. The van der Waals surface area contributed by atoms with E-state index in [2.05, 4.69) is 5.10 Å². The van der Waals surface area contributed by atoms with Gasteiger partial charge in [0.2, 0.25) is 0 Å². The summed E-state index contributed by atoms with van der Waals surface area (Å²) in [5.74, 6) is -0.275. The number of aromatic nitrogens is 2. The Morgan fingerprint density at radius 2 is 1.65 bits per heavy atom. The lowest BCUT2D eigenvalue weighted by Crippen LogP contribution is -2.28. The van der Waals surface area contributed by atoms with E-state index < -0.39 is 10.0 Å². The highest BCUT2D eigenvalue weighted by atomic mass is 32.2. The van der Waals surface area contributed by atoms with E-state index in [1.54, 1.807) is 47.1 Å². The van der Waals surface area contributed by atoms with Crippen molar-refractivity contribution in [2.45, 2.75) is 18.4 Å². The number of anilines is 1. The first kappa shape index (κ1) is 23.3. The smallest absolute Gasteiger partial charge is 0.264 e. The Kier molecular flexibility index (Phi) is 6.51. The highest BCUT2D eigenvalue weighted by molar-refractivity contribution is 7.92. The van der Waals surface area contributed by atoms with Crippen LogP contribution in [0.3, 0.4) is 0 Å². The SMILES string of the molecule is Cc1ccc(N(C)S(=O)(=O)c2cccc(C(=O)N(C)Cc3cnn(-c4ccccc4)c3)c2)cc1. The van der Waals surface area contributed by atoms with Crippen molar-refractivity contribution < 1.29 is 13.2 Å². The number of carbonyl (C=O) groups excluding carboxylic acids is 1. The molecule has 0 unspecified atom stereocenters. The lowest BCUT2D eigenvalue weighted by molar-refractivity contribution is 0.0785. The van der Waals surface area contributed by atoms with E-state index in [0.717, 1.165) is 16.8 Å². The van der Waals surface area contributed by atoms with Gasteiger partial charge in [-0.3, -0.25) is 9.10 Å². The van der Waals surface area contributed by atoms with E-state index >= 15 is 0 Å². The molecule has 0 aliphatic rings. The molecule has 7 nitrogen and oxygen atoms in total. The van der Waals surface area contributed by atoms with Crippen molar-refractivity contribution in [2.75, 3.05) is 18.4 Å². The molecule has 174 valence electrons. The molecule has 0 atom stereocenters. The fraction of sp³-hybridized carbons (Fsp3) is 0.154. The molecule has 0 fully saturated rings. The molecule has 3 aromatic carbocycles. The molecule has 0 spiro atoms. The number of amides is 1. The summed E-state index contributed by atoms with van der Waals surface area (Å²) in [6, 6.07) is 23.1. The van der Waals surface area contributed by atoms with E-state index in [4.69, 9.17) is 0 Å². The minimum atomic E-state index is -3.82. The van der Waals surface area contributed by atoms with Crippen LogP contribution in [-0.4, -0.2) is 43.1 Å². The standard InChI is InChI=1S/C26H26N4O3S/c1-20-12-14-23(15-13-20)29(3)34(32,33)25-11-7-8-22(16-25)26(31)28(2)18-21-17-27-30(19-21)24-9-5-4-6-10-24/h4-17,19H,18H2,1-3H3. The summed E-state index contributed by atoms with van der Waals surface area (Å²) < 4.78 is 29.3. The van der Waals surface area contributed by atoms with Gasteiger partial charge in [0.25, 0.3) is 15.9 Å². The van der Waals surface area contributed by atoms with Crippen LogP contribution in [0.1, 0.15) is 21.5 Å². The monoisotopic (exact) mass is 474 g/mol. The molecule has 0 saturated heterocycles. The van der Waals surface area contributed by atoms with E-state index in [0.29, 0.717) is 17.8 Å². The maximum absolute atomic E-state index is 13.2. The highest BCUT2D eigenvalue weighted by Gasteiger charge is 2.23. The summed E-state index contributed by atoms with van der Waals surface area (Å²) in [6.45, 7) is 2.28. The number of sulfonamides is 1. The predicted octanol–water partition coefficient (Wildman–Crippen LogP) is 4.28. The summed E-state index contributed by atoms with van der Waals surface area (Å²) in [5.41, 5.74) is 3.69. The lowest BCUT2D eigenvalue weighted by atomic mass is 10.2. The van der Waals surface area contributed by atoms with E-state index in [-0.39, 0.29) is 10.8 Å². The molecule has 0 radical (unpaired) electrons. The molecule has 0 N–H and O–H groups in total. The molecule has 0 bridgehead atoms. The second-order valence-electron chi connectivity index (χ2n) is 8.13. The molecule has 1 aromatic heterocycles. The molecule has 1 heterocycles. The number of hydrogen-bond donors (Lipinski definition) is 0. The van der Waals surface area contributed by atoms with Gasteiger partial charge in [-0.05, 0) is 49.4 Å². The van der Waals surface area contributed by atoms with Gasteiger partial charge in [-0.25, -0.2) is 13.1 Å². The molecule has 8 heteroatoms. The van der Waals surface area contributed by atoms with Gasteiger partial charge in [-0.1, -0.05) is 42.0 Å². The Bertz CT molecular complexity index is 1400. The summed E-state index contributed by atoms with van der Waals surface area (Å²) in [5, 5.41) is 4.37. The first-order valence-corrected chi connectivity index (χ1v) is 12.2. The number of rotatable bonds is 7. The van der Waals surface area contributed by atoms with Gasteiger partial charge >= 0.3 is 0 Å². The zero-order valence-corrected chi connectivity index (χ0v) is 20.1. The lowest BCUT2D eigenvalue weighted by Gasteiger charge is -2.21. The van der Waals surface area contributed by atoms with Crippen molar-refractivity contribution in [1.29, 1.82) is 0 Å². The number of aryl methyl sites for hydroxylation is 1. The van der Waals surface area contributed by atoms with Crippen LogP contribution in [0.2, 0.25) is 0 Å². The average Bonchev–Trinajstić information content (AvgIpc) is 3.32. The molecule has 0 aliphatic carbocycles. The molecule has 4 rings (SSSR count). The van der Waals surface area contributed by atoms with Crippen molar-refractivity contribution in [1.82, 2.24) is 14.7 Å². The van der Waals surface area contributed by atoms with Crippen molar-refractivity contribution in [3.8, 4) is 5.69 Å². The van der Waals surface area contributed by atoms with Crippen LogP contribution in [0, 0.1) is 6.92 Å². The van der Waals surface area contributed by atoms with Crippen LogP contribution >= 0.6 is 0 Å². The third kappa shape index (κ3) is 4.87. The second-order valence-corrected chi connectivity index (χ2v) is 10.1. The van der Waals surface area contributed by atoms with Crippen LogP contribution in [0.15, 0.2) is 96.2 Å². The Morgan fingerprint density at radius 3 is 2.35 bits per heavy atom. The van der Waals surface area contributed by atoms with Gasteiger partial charge < -0.3 is 4.90 Å². The van der Waals surface area contributed by atoms with E-state index in [1.807, 2.05) is 55.6 Å². The Morgan fingerprint density at radius 1 is 0.941 bits per heavy atom. The molecule has 0 saturated carbocycles. The van der Waals surface area contributed by atoms with Crippen molar-refractivity contribution in [2.24, 2.45) is 0 Å². The molecule has 0 aliphatic heterocycles. The molecule has 34 heavy (non-hydrogen) atoms. The fourth-order valence-electron chi connectivity index (χ4n) is 3.57. The van der Waals surface area contributed by atoms with Gasteiger partial charge in [0.15, 0.2) is 0 Å².